The third kappa shape index (κ3) is 4.30. The highest BCUT2D eigenvalue weighted by Gasteiger charge is 2.28. The summed E-state index contributed by atoms with van der Waals surface area (Å²) in [5.41, 5.74) is 14.5. The fourth-order valence-electron chi connectivity index (χ4n) is 2.17. The van der Waals surface area contributed by atoms with E-state index in [0.717, 1.165) is 22.1 Å². The Morgan fingerprint density at radius 3 is 1.92 bits per heavy atom. The Bertz CT molecular complexity index is 704. The van der Waals surface area contributed by atoms with Crippen LogP contribution in [0.15, 0.2) is 36.4 Å². The van der Waals surface area contributed by atoms with Gasteiger partial charge in [-0.3, -0.25) is 4.79 Å². The fraction of sp³-hybridized carbons (Fsp3) is 0.235. The zero-order valence-electron chi connectivity index (χ0n) is 13.6. The zero-order valence-corrected chi connectivity index (χ0v) is 15.1. The molecular formula is C17H19BCl2N2O2. The van der Waals surface area contributed by atoms with Gasteiger partial charge in [0.1, 0.15) is 6.04 Å². The quantitative estimate of drug-likeness (QED) is 0.789. The van der Waals surface area contributed by atoms with Gasteiger partial charge in [0.25, 0.3) is 0 Å². The van der Waals surface area contributed by atoms with Gasteiger partial charge in [-0.15, -0.1) is 0 Å². The summed E-state index contributed by atoms with van der Waals surface area (Å²) >= 11 is 12.4. The van der Waals surface area contributed by atoms with Crippen molar-refractivity contribution >= 4 is 47.0 Å². The van der Waals surface area contributed by atoms with Crippen molar-refractivity contribution in [2.24, 2.45) is 11.5 Å². The monoisotopic (exact) mass is 364 g/mol. The third-order valence-electron chi connectivity index (χ3n) is 3.79. The van der Waals surface area contributed by atoms with Crippen molar-refractivity contribution in [3.8, 4) is 0 Å². The number of hydrogen-bond acceptors (Lipinski definition) is 4. The van der Waals surface area contributed by atoms with Gasteiger partial charge in [-0.2, -0.15) is 0 Å². The molecule has 2 aromatic carbocycles. The van der Waals surface area contributed by atoms with Gasteiger partial charge in [-0.1, -0.05) is 47.5 Å². The molecule has 126 valence electrons. The first kappa shape index (κ1) is 18.8. The van der Waals surface area contributed by atoms with Crippen molar-refractivity contribution in [3.63, 3.8) is 0 Å². The van der Waals surface area contributed by atoms with E-state index in [2.05, 4.69) is 0 Å². The molecule has 0 saturated heterocycles. The molecule has 0 spiro atoms. The summed E-state index contributed by atoms with van der Waals surface area (Å²) in [4.78, 5) is 12.1. The molecule has 0 fully saturated rings. The van der Waals surface area contributed by atoms with Crippen molar-refractivity contribution in [1.82, 2.24) is 0 Å². The largest absolute Gasteiger partial charge is 0.525 e. The molecule has 0 radical (unpaired) electrons. The van der Waals surface area contributed by atoms with Crippen LogP contribution in [0.2, 0.25) is 10.0 Å². The van der Waals surface area contributed by atoms with Gasteiger partial charge < -0.3 is 16.1 Å². The standard InChI is InChI=1S/C17H19BCl2N2O2/c1-10-3-5-12(7-14(10)19)18(24-17(23)16(22)9-21)13-6-4-11(2)15(20)8-13/h3-8,16H,9,21-22H2,1-2H3. The average Bonchev–Trinajstić information content (AvgIpc) is 2.57. The molecule has 0 bridgehead atoms. The lowest BCUT2D eigenvalue weighted by Crippen LogP contribution is -2.50. The first-order chi connectivity index (χ1) is 11.3. The molecule has 0 aliphatic carbocycles. The number of nitrogens with two attached hydrogens (primary N) is 2. The fourth-order valence-corrected chi connectivity index (χ4v) is 2.55. The van der Waals surface area contributed by atoms with E-state index in [4.69, 9.17) is 39.3 Å². The van der Waals surface area contributed by atoms with Crippen LogP contribution in [0, 0.1) is 13.8 Å². The predicted molar refractivity (Wildman–Crippen MR) is 101 cm³/mol. The summed E-state index contributed by atoms with van der Waals surface area (Å²) in [6, 6.07) is 10.1. The van der Waals surface area contributed by atoms with Crippen molar-refractivity contribution in [3.05, 3.63) is 57.6 Å². The molecule has 0 aliphatic heterocycles. The Labute approximate surface area is 152 Å². The Hall–Kier alpha value is -1.53. The number of carbonyl (C=O) groups is 1. The van der Waals surface area contributed by atoms with E-state index in [1.807, 2.05) is 38.1 Å². The Morgan fingerprint density at radius 2 is 1.54 bits per heavy atom. The van der Waals surface area contributed by atoms with Crippen LogP contribution < -0.4 is 22.4 Å². The predicted octanol–water partition coefficient (Wildman–Crippen LogP) is 1.55. The van der Waals surface area contributed by atoms with Crippen LogP contribution in [0.25, 0.3) is 0 Å². The molecule has 2 rings (SSSR count). The van der Waals surface area contributed by atoms with Crippen molar-refractivity contribution in [1.29, 1.82) is 0 Å². The highest BCUT2D eigenvalue weighted by atomic mass is 35.5. The van der Waals surface area contributed by atoms with Crippen LogP contribution in [0.5, 0.6) is 0 Å². The molecule has 4 N–H and O–H groups in total. The van der Waals surface area contributed by atoms with Gasteiger partial charge in [-0.25, -0.2) is 0 Å². The molecule has 24 heavy (non-hydrogen) atoms. The summed E-state index contributed by atoms with van der Waals surface area (Å²) in [7, 11) is 0. The Morgan fingerprint density at radius 1 is 1.08 bits per heavy atom. The molecule has 0 heterocycles. The van der Waals surface area contributed by atoms with Crippen molar-refractivity contribution in [2.45, 2.75) is 19.9 Å². The number of benzene rings is 2. The lowest BCUT2D eigenvalue weighted by molar-refractivity contribution is -0.135. The van der Waals surface area contributed by atoms with Gasteiger partial charge >= 0.3 is 12.9 Å². The number of rotatable bonds is 5. The zero-order chi connectivity index (χ0) is 17.9. The van der Waals surface area contributed by atoms with E-state index in [0.29, 0.717) is 10.0 Å². The molecule has 0 aromatic heterocycles. The highest BCUT2D eigenvalue weighted by Crippen LogP contribution is 2.15. The molecule has 2 aromatic rings. The molecular weight excluding hydrogens is 346 g/mol. The van der Waals surface area contributed by atoms with Crippen LogP contribution in [-0.2, 0) is 9.45 Å². The second-order valence-electron chi connectivity index (χ2n) is 5.68. The van der Waals surface area contributed by atoms with Gasteiger partial charge in [0, 0.05) is 16.6 Å². The lowest BCUT2D eigenvalue weighted by atomic mass is 9.55. The minimum Gasteiger partial charge on any atom is -0.525 e. The van der Waals surface area contributed by atoms with E-state index < -0.39 is 18.9 Å². The summed E-state index contributed by atoms with van der Waals surface area (Å²) in [5.74, 6) is -0.573. The smallest absolute Gasteiger partial charge is 0.429 e. The highest BCUT2D eigenvalue weighted by molar-refractivity contribution is 6.81. The van der Waals surface area contributed by atoms with Crippen LogP contribution in [-0.4, -0.2) is 25.5 Å². The average molecular weight is 365 g/mol. The van der Waals surface area contributed by atoms with E-state index in [-0.39, 0.29) is 6.54 Å². The Kier molecular flexibility index (Phi) is 6.30. The maximum absolute atomic E-state index is 12.1. The first-order valence-corrected chi connectivity index (χ1v) is 8.27. The van der Waals surface area contributed by atoms with Crippen LogP contribution in [0.3, 0.4) is 0 Å². The maximum Gasteiger partial charge on any atom is 0.429 e. The van der Waals surface area contributed by atoms with Crippen LogP contribution in [0.4, 0.5) is 0 Å². The summed E-state index contributed by atoms with van der Waals surface area (Å²) in [6.07, 6.45) is 0. The third-order valence-corrected chi connectivity index (χ3v) is 4.60. The Balaban J connectivity index is 2.45. The summed E-state index contributed by atoms with van der Waals surface area (Å²) in [6.45, 7) is 3.15. The molecule has 0 saturated carbocycles. The maximum atomic E-state index is 12.1. The summed E-state index contributed by atoms with van der Waals surface area (Å²) < 4.78 is 5.60. The van der Waals surface area contributed by atoms with E-state index in [9.17, 15) is 4.79 Å². The van der Waals surface area contributed by atoms with E-state index in [1.165, 1.54) is 0 Å². The topological polar surface area (TPSA) is 78.3 Å². The van der Waals surface area contributed by atoms with Gasteiger partial charge in [0.2, 0.25) is 0 Å². The van der Waals surface area contributed by atoms with Gasteiger partial charge in [-0.05, 0) is 48.0 Å². The number of carbonyl (C=O) groups excluding carboxylic acids is 1. The minimum atomic E-state index is -0.880. The second-order valence-corrected chi connectivity index (χ2v) is 6.49. The van der Waals surface area contributed by atoms with Crippen LogP contribution in [0.1, 0.15) is 11.1 Å². The van der Waals surface area contributed by atoms with E-state index in [1.54, 1.807) is 12.1 Å². The van der Waals surface area contributed by atoms with Gasteiger partial charge in [0.05, 0.1) is 0 Å². The van der Waals surface area contributed by atoms with E-state index >= 15 is 0 Å². The molecule has 4 nitrogen and oxygen atoms in total. The first-order valence-electron chi connectivity index (χ1n) is 7.51. The second kappa shape index (κ2) is 8.03. The number of hydrogen-bond donors (Lipinski definition) is 2. The van der Waals surface area contributed by atoms with Crippen molar-refractivity contribution in [2.75, 3.05) is 6.54 Å². The SMILES string of the molecule is Cc1ccc(B(OC(=O)C(N)CN)c2ccc(C)c(Cl)c2)cc1Cl. The summed E-state index contributed by atoms with van der Waals surface area (Å²) in [5, 5.41) is 1.18. The molecule has 0 aliphatic rings. The van der Waals surface area contributed by atoms with Crippen molar-refractivity contribution < 1.29 is 9.45 Å². The number of aryl methyl sites for hydroxylation is 2. The molecule has 7 heteroatoms. The minimum absolute atomic E-state index is 0.00879. The van der Waals surface area contributed by atoms with Crippen LogP contribution >= 0.6 is 23.2 Å². The molecule has 0 amide bonds. The molecule has 1 unspecified atom stereocenters. The lowest BCUT2D eigenvalue weighted by Gasteiger charge is -2.19. The normalized spacial score (nSPS) is 11.9. The molecule has 1 atom stereocenters. The number of halogens is 2. The van der Waals surface area contributed by atoms with Gasteiger partial charge in [0.15, 0.2) is 0 Å².